The molecule has 0 N–H and O–H groups in total. The van der Waals surface area contributed by atoms with Gasteiger partial charge in [0.25, 0.3) is 0 Å². The Labute approximate surface area is 118 Å². The molecule has 0 amide bonds. The minimum Gasteiger partial charge on any atom is -0.255 e. The molecule has 2 rings (SSSR count). The largest absolute Gasteiger partial charge is 0.255 e. The Hall–Kier alpha value is -1.63. The standard InChI is InChI=1S/2C8H10.CH3F.CH4/c2*1-7-3-5-8(2)6-4-7;1-2;/h2*3-6H,1-2H3;1H3;1H4. The van der Waals surface area contributed by atoms with Crippen molar-refractivity contribution in [2.45, 2.75) is 35.1 Å². The van der Waals surface area contributed by atoms with Crippen molar-refractivity contribution in [2.24, 2.45) is 0 Å². The van der Waals surface area contributed by atoms with Gasteiger partial charge in [-0.15, -0.1) is 0 Å². The normalized spacial score (nSPS) is 8.11. The topological polar surface area (TPSA) is 0 Å². The fraction of sp³-hybridized carbons (Fsp3) is 0.333. The lowest BCUT2D eigenvalue weighted by atomic mass is 10.2. The Morgan fingerprint density at radius 2 is 0.579 bits per heavy atom. The molecule has 106 valence electrons. The Morgan fingerprint density at radius 3 is 0.684 bits per heavy atom. The van der Waals surface area contributed by atoms with Crippen LogP contribution in [0.5, 0.6) is 0 Å². The van der Waals surface area contributed by atoms with Crippen molar-refractivity contribution in [3.63, 3.8) is 0 Å². The maximum Gasteiger partial charge on any atom is 0.0785 e. The van der Waals surface area contributed by atoms with Gasteiger partial charge in [-0.3, -0.25) is 4.39 Å². The van der Waals surface area contributed by atoms with Gasteiger partial charge in [0.2, 0.25) is 0 Å². The molecule has 0 aliphatic heterocycles. The molecule has 0 radical (unpaired) electrons. The molecule has 0 aliphatic carbocycles. The molecule has 2 aromatic rings. The summed E-state index contributed by atoms with van der Waals surface area (Å²) in [5.41, 5.74) is 5.32. The Bertz CT molecular complexity index is 327. The van der Waals surface area contributed by atoms with Crippen LogP contribution < -0.4 is 0 Å². The Balaban J connectivity index is 0. The molecule has 0 aromatic heterocycles. The van der Waals surface area contributed by atoms with E-state index in [0.717, 1.165) is 0 Å². The number of benzene rings is 2. The molecule has 0 atom stereocenters. The second-order valence-electron chi connectivity index (χ2n) is 4.31. The third kappa shape index (κ3) is 10.0. The van der Waals surface area contributed by atoms with Crippen LogP contribution >= 0.6 is 0 Å². The molecular weight excluding hydrogens is 235 g/mol. The maximum absolute atomic E-state index is 9.50. The van der Waals surface area contributed by atoms with Gasteiger partial charge in [0, 0.05) is 0 Å². The van der Waals surface area contributed by atoms with Gasteiger partial charge in [-0.05, 0) is 27.7 Å². The van der Waals surface area contributed by atoms with Gasteiger partial charge >= 0.3 is 0 Å². The van der Waals surface area contributed by atoms with E-state index in [1.54, 1.807) is 0 Å². The molecule has 19 heavy (non-hydrogen) atoms. The first-order chi connectivity index (χ1) is 8.58. The van der Waals surface area contributed by atoms with Crippen LogP contribution in [0.2, 0.25) is 0 Å². The smallest absolute Gasteiger partial charge is 0.0785 e. The van der Waals surface area contributed by atoms with Gasteiger partial charge in [-0.25, -0.2) is 0 Å². The van der Waals surface area contributed by atoms with Gasteiger partial charge < -0.3 is 0 Å². The van der Waals surface area contributed by atoms with Crippen LogP contribution in [0.1, 0.15) is 29.7 Å². The van der Waals surface area contributed by atoms with Crippen molar-refractivity contribution in [3.8, 4) is 0 Å². The predicted molar refractivity (Wildman–Crippen MR) is 85.6 cm³/mol. The highest BCUT2D eigenvalue weighted by Gasteiger charge is 1.80. The Morgan fingerprint density at radius 1 is 0.474 bits per heavy atom. The first-order valence-electron chi connectivity index (χ1n) is 6.02. The van der Waals surface area contributed by atoms with Crippen molar-refractivity contribution >= 4 is 0 Å². The second kappa shape index (κ2) is 11.5. The molecule has 0 saturated carbocycles. The fourth-order valence-corrected chi connectivity index (χ4v) is 1.27. The number of halogens is 1. The molecule has 0 heterocycles. The lowest BCUT2D eigenvalue weighted by Crippen LogP contribution is -1.70. The van der Waals surface area contributed by atoms with E-state index in [1.807, 2.05) is 0 Å². The maximum atomic E-state index is 9.50. The summed E-state index contributed by atoms with van der Waals surface area (Å²) in [5, 5.41) is 0. The summed E-state index contributed by atoms with van der Waals surface area (Å²) < 4.78 is 9.50. The van der Waals surface area contributed by atoms with Crippen molar-refractivity contribution in [1.82, 2.24) is 0 Å². The quantitative estimate of drug-likeness (QED) is 0.560. The van der Waals surface area contributed by atoms with Gasteiger partial charge in [-0.2, -0.15) is 0 Å². The number of hydrogen-bond donors (Lipinski definition) is 0. The summed E-state index contributed by atoms with van der Waals surface area (Å²) in [4.78, 5) is 0. The van der Waals surface area contributed by atoms with Crippen molar-refractivity contribution < 1.29 is 4.39 Å². The summed E-state index contributed by atoms with van der Waals surface area (Å²) in [6, 6.07) is 17.0. The van der Waals surface area contributed by atoms with Gasteiger partial charge in [0.1, 0.15) is 0 Å². The summed E-state index contributed by atoms with van der Waals surface area (Å²) in [6.07, 6.45) is 0. The average Bonchev–Trinajstić information content (AvgIpc) is 2.40. The average molecular weight is 262 g/mol. The number of hydrogen-bond acceptors (Lipinski definition) is 0. The molecule has 0 spiro atoms. The molecule has 0 nitrogen and oxygen atoms in total. The van der Waals surface area contributed by atoms with Crippen LogP contribution in [-0.4, -0.2) is 7.18 Å². The van der Waals surface area contributed by atoms with E-state index >= 15 is 0 Å². The van der Waals surface area contributed by atoms with E-state index in [2.05, 4.69) is 76.2 Å². The molecule has 0 aliphatic rings. The predicted octanol–water partition coefficient (Wildman–Crippen LogP) is 5.83. The van der Waals surface area contributed by atoms with E-state index in [1.165, 1.54) is 22.3 Å². The minimum absolute atomic E-state index is 0. The van der Waals surface area contributed by atoms with Gasteiger partial charge in [0.05, 0.1) is 7.18 Å². The summed E-state index contributed by atoms with van der Waals surface area (Å²) >= 11 is 0. The zero-order valence-electron chi connectivity index (χ0n) is 12.0. The van der Waals surface area contributed by atoms with Crippen molar-refractivity contribution in [2.75, 3.05) is 7.18 Å². The van der Waals surface area contributed by atoms with Gasteiger partial charge in [0.15, 0.2) is 0 Å². The minimum atomic E-state index is 0. The van der Waals surface area contributed by atoms with Crippen LogP contribution in [0.25, 0.3) is 0 Å². The fourth-order valence-electron chi connectivity index (χ4n) is 1.27. The monoisotopic (exact) mass is 262 g/mol. The van der Waals surface area contributed by atoms with Crippen LogP contribution in [0, 0.1) is 27.7 Å². The van der Waals surface area contributed by atoms with Crippen LogP contribution in [-0.2, 0) is 0 Å². The molecule has 0 fully saturated rings. The van der Waals surface area contributed by atoms with E-state index in [0.29, 0.717) is 7.18 Å². The first kappa shape index (κ1) is 19.7. The van der Waals surface area contributed by atoms with E-state index in [-0.39, 0.29) is 7.43 Å². The van der Waals surface area contributed by atoms with E-state index in [9.17, 15) is 4.39 Å². The lowest BCUT2D eigenvalue weighted by Gasteiger charge is -1.90. The molecule has 2 aromatic carbocycles. The van der Waals surface area contributed by atoms with E-state index in [4.69, 9.17) is 0 Å². The third-order valence-corrected chi connectivity index (χ3v) is 2.44. The third-order valence-electron chi connectivity index (χ3n) is 2.44. The summed E-state index contributed by atoms with van der Waals surface area (Å²) in [5.74, 6) is 0. The van der Waals surface area contributed by atoms with Crippen LogP contribution in [0.4, 0.5) is 4.39 Å². The second-order valence-corrected chi connectivity index (χ2v) is 4.31. The lowest BCUT2D eigenvalue weighted by molar-refractivity contribution is 0.636. The SMILES string of the molecule is C.CF.Cc1ccc(C)cc1.Cc1ccc(C)cc1. The zero-order chi connectivity index (χ0) is 14.0. The van der Waals surface area contributed by atoms with Gasteiger partial charge in [-0.1, -0.05) is 78.2 Å². The zero-order valence-corrected chi connectivity index (χ0v) is 12.0. The molecule has 0 unspecified atom stereocenters. The van der Waals surface area contributed by atoms with E-state index < -0.39 is 0 Å². The molecule has 0 saturated heterocycles. The van der Waals surface area contributed by atoms with Crippen LogP contribution in [0.3, 0.4) is 0 Å². The van der Waals surface area contributed by atoms with Crippen molar-refractivity contribution in [3.05, 3.63) is 70.8 Å². The highest BCUT2D eigenvalue weighted by molar-refractivity contribution is 5.20. The van der Waals surface area contributed by atoms with Crippen molar-refractivity contribution in [1.29, 1.82) is 0 Å². The molecular formula is C18H27F. The summed E-state index contributed by atoms with van der Waals surface area (Å²) in [7, 11) is 0.500. The molecule has 0 bridgehead atoms. The Kier molecular flexibility index (Phi) is 11.9. The highest BCUT2D eigenvalue weighted by Crippen LogP contribution is 2.00. The number of alkyl halides is 1. The highest BCUT2D eigenvalue weighted by atomic mass is 19.1. The molecule has 1 heteroatoms. The number of rotatable bonds is 0. The summed E-state index contributed by atoms with van der Waals surface area (Å²) in [6.45, 7) is 8.39. The van der Waals surface area contributed by atoms with Crippen LogP contribution in [0.15, 0.2) is 48.5 Å². The number of aryl methyl sites for hydroxylation is 4. The first-order valence-corrected chi connectivity index (χ1v) is 6.02.